The molecule has 1 amide bonds. The summed E-state index contributed by atoms with van der Waals surface area (Å²) in [6.45, 7) is 1.96. The molecular weight excluding hydrogens is 382 g/mol. The molecule has 0 bridgehead atoms. The van der Waals surface area contributed by atoms with E-state index >= 15 is 0 Å². The zero-order valence-electron chi connectivity index (χ0n) is 14.6. The fraction of sp³-hybridized carbons (Fsp3) is 0.158. The van der Waals surface area contributed by atoms with Crippen molar-refractivity contribution in [2.24, 2.45) is 0 Å². The van der Waals surface area contributed by atoms with Crippen molar-refractivity contribution in [2.75, 3.05) is 10.0 Å². The second-order valence-electron chi connectivity index (χ2n) is 5.83. The molecule has 0 saturated heterocycles. The Kier molecular flexibility index (Phi) is 5.88. The standard InChI is InChI=1S/C19H19N3O3S2/c1-2-17(14-6-4-3-5-7-14)18(23)21-15-8-10-16(11-9-15)27(24,25)22-19-20-12-13-26-19/h3-13,17H,2H2,1H3,(H,20,22)(H,21,23). The minimum atomic E-state index is -3.71. The smallest absolute Gasteiger partial charge is 0.263 e. The van der Waals surface area contributed by atoms with Gasteiger partial charge in [0.2, 0.25) is 5.91 Å². The van der Waals surface area contributed by atoms with Gasteiger partial charge in [0.25, 0.3) is 10.0 Å². The number of thiazole rings is 1. The van der Waals surface area contributed by atoms with E-state index in [2.05, 4.69) is 15.0 Å². The number of amides is 1. The molecule has 1 unspecified atom stereocenters. The van der Waals surface area contributed by atoms with Gasteiger partial charge in [-0.3, -0.25) is 9.52 Å². The molecule has 0 aliphatic carbocycles. The summed E-state index contributed by atoms with van der Waals surface area (Å²) in [6, 6.07) is 15.6. The van der Waals surface area contributed by atoms with E-state index in [1.54, 1.807) is 17.5 Å². The number of hydrogen-bond acceptors (Lipinski definition) is 5. The summed E-state index contributed by atoms with van der Waals surface area (Å²) < 4.78 is 27.1. The Morgan fingerprint density at radius 1 is 1.11 bits per heavy atom. The van der Waals surface area contributed by atoms with Gasteiger partial charge in [-0.15, -0.1) is 11.3 Å². The van der Waals surface area contributed by atoms with E-state index in [1.165, 1.54) is 29.7 Å². The van der Waals surface area contributed by atoms with Gasteiger partial charge in [0.1, 0.15) is 0 Å². The second-order valence-corrected chi connectivity index (χ2v) is 8.40. The highest BCUT2D eigenvalue weighted by Crippen LogP contribution is 2.23. The maximum Gasteiger partial charge on any atom is 0.263 e. The number of aromatic nitrogens is 1. The van der Waals surface area contributed by atoms with Crippen LogP contribution in [0.2, 0.25) is 0 Å². The molecule has 1 atom stereocenters. The third-order valence-corrected chi connectivity index (χ3v) is 6.19. The van der Waals surface area contributed by atoms with Crippen molar-refractivity contribution in [1.82, 2.24) is 4.98 Å². The molecule has 8 heteroatoms. The van der Waals surface area contributed by atoms with Crippen LogP contribution < -0.4 is 10.0 Å². The summed E-state index contributed by atoms with van der Waals surface area (Å²) in [4.78, 5) is 16.6. The number of carbonyl (C=O) groups excluding carboxylic acids is 1. The highest BCUT2D eigenvalue weighted by atomic mass is 32.2. The number of benzene rings is 2. The molecule has 0 fully saturated rings. The molecular formula is C19H19N3O3S2. The number of hydrogen-bond donors (Lipinski definition) is 2. The van der Waals surface area contributed by atoms with Crippen molar-refractivity contribution >= 4 is 38.1 Å². The van der Waals surface area contributed by atoms with Crippen molar-refractivity contribution < 1.29 is 13.2 Å². The van der Waals surface area contributed by atoms with Gasteiger partial charge in [-0.05, 0) is 36.2 Å². The predicted molar refractivity (Wildman–Crippen MR) is 107 cm³/mol. The summed E-state index contributed by atoms with van der Waals surface area (Å²) in [5.41, 5.74) is 1.49. The minimum absolute atomic E-state index is 0.103. The average Bonchev–Trinajstić information content (AvgIpc) is 3.16. The van der Waals surface area contributed by atoms with Crippen LogP contribution in [0.5, 0.6) is 0 Å². The van der Waals surface area contributed by atoms with Crippen molar-refractivity contribution in [2.45, 2.75) is 24.2 Å². The summed E-state index contributed by atoms with van der Waals surface area (Å²) in [7, 11) is -3.71. The Morgan fingerprint density at radius 2 is 1.81 bits per heavy atom. The maximum absolute atomic E-state index is 12.6. The molecule has 0 saturated carbocycles. The van der Waals surface area contributed by atoms with E-state index in [0.717, 1.165) is 5.56 Å². The molecule has 0 aliphatic rings. The quantitative estimate of drug-likeness (QED) is 0.624. The van der Waals surface area contributed by atoms with Crippen LogP contribution in [0, 0.1) is 0 Å². The fourth-order valence-corrected chi connectivity index (χ4v) is 4.44. The summed E-state index contributed by atoms with van der Waals surface area (Å²) in [5.74, 6) is -0.388. The number of sulfonamides is 1. The topological polar surface area (TPSA) is 88.2 Å². The zero-order valence-corrected chi connectivity index (χ0v) is 16.3. The van der Waals surface area contributed by atoms with Crippen LogP contribution in [-0.2, 0) is 14.8 Å². The Hall–Kier alpha value is -2.71. The molecule has 140 valence electrons. The highest BCUT2D eigenvalue weighted by molar-refractivity contribution is 7.93. The lowest BCUT2D eigenvalue weighted by molar-refractivity contribution is -0.117. The van der Waals surface area contributed by atoms with E-state index in [1.807, 2.05) is 37.3 Å². The summed E-state index contributed by atoms with van der Waals surface area (Å²) >= 11 is 1.20. The molecule has 0 aliphatic heterocycles. The summed E-state index contributed by atoms with van der Waals surface area (Å²) in [6.07, 6.45) is 2.19. The first-order chi connectivity index (χ1) is 13.0. The van der Waals surface area contributed by atoms with Gasteiger partial charge < -0.3 is 5.32 Å². The maximum atomic E-state index is 12.6. The van der Waals surface area contributed by atoms with Crippen molar-refractivity contribution in [3.05, 3.63) is 71.7 Å². The molecule has 1 heterocycles. The van der Waals surface area contributed by atoms with E-state index in [4.69, 9.17) is 0 Å². The Balaban J connectivity index is 1.71. The first kappa shape index (κ1) is 19.1. The van der Waals surface area contributed by atoms with Gasteiger partial charge in [-0.1, -0.05) is 37.3 Å². The van der Waals surface area contributed by atoms with Crippen LogP contribution in [0.1, 0.15) is 24.8 Å². The van der Waals surface area contributed by atoms with Gasteiger partial charge in [0.05, 0.1) is 10.8 Å². The van der Waals surface area contributed by atoms with Gasteiger partial charge in [-0.2, -0.15) is 0 Å². The molecule has 1 aromatic heterocycles. The van der Waals surface area contributed by atoms with E-state index in [0.29, 0.717) is 17.2 Å². The zero-order chi connectivity index (χ0) is 19.3. The Bertz CT molecular complexity index is 986. The van der Waals surface area contributed by atoms with Gasteiger partial charge in [0.15, 0.2) is 5.13 Å². The van der Waals surface area contributed by atoms with E-state index < -0.39 is 10.0 Å². The number of rotatable bonds is 7. The molecule has 3 aromatic rings. The monoisotopic (exact) mass is 401 g/mol. The van der Waals surface area contributed by atoms with Crippen molar-refractivity contribution in [1.29, 1.82) is 0 Å². The van der Waals surface area contributed by atoms with Crippen LogP contribution in [0.3, 0.4) is 0 Å². The third kappa shape index (κ3) is 4.72. The van der Waals surface area contributed by atoms with E-state index in [-0.39, 0.29) is 16.7 Å². The first-order valence-electron chi connectivity index (χ1n) is 8.38. The normalized spacial score (nSPS) is 12.3. The SMILES string of the molecule is CCC(C(=O)Nc1ccc(S(=O)(=O)Nc2nccs2)cc1)c1ccccc1. The third-order valence-electron chi connectivity index (χ3n) is 4.01. The lowest BCUT2D eigenvalue weighted by Gasteiger charge is -2.15. The molecule has 6 nitrogen and oxygen atoms in total. The van der Waals surface area contributed by atoms with E-state index in [9.17, 15) is 13.2 Å². The van der Waals surface area contributed by atoms with Crippen LogP contribution in [0.15, 0.2) is 71.1 Å². The fourth-order valence-electron chi connectivity index (χ4n) is 2.65. The average molecular weight is 402 g/mol. The minimum Gasteiger partial charge on any atom is -0.326 e. The molecule has 2 N–H and O–H groups in total. The largest absolute Gasteiger partial charge is 0.326 e. The molecule has 3 rings (SSSR count). The van der Waals surface area contributed by atoms with Crippen LogP contribution in [0.4, 0.5) is 10.8 Å². The van der Waals surface area contributed by atoms with Crippen molar-refractivity contribution in [3.8, 4) is 0 Å². The molecule has 27 heavy (non-hydrogen) atoms. The van der Waals surface area contributed by atoms with Crippen LogP contribution >= 0.6 is 11.3 Å². The highest BCUT2D eigenvalue weighted by Gasteiger charge is 2.19. The van der Waals surface area contributed by atoms with Gasteiger partial charge in [-0.25, -0.2) is 13.4 Å². The number of nitrogens with zero attached hydrogens (tertiary/aromatic N) is 1. The molecule has 0 spiro atoms. The number of carbonyl (C=O) groups is 1. The van der Waals surface area contributed by atoms with Crippen molar-refractivity contribution in [3.63, 3.8) is 0 Å². The van der Waals surface area contributed by atoms with Crippen LogP contribution in [0.25, 0.3) is 0 Å². The van der Waals surface area contributed by atoms with Gasteiger partial charge in [0, 0.05) is 17.3 Å². The molecule has 0 radical (unpaired) electrons. The number of anilines is 2. The lowest BCUT2D eigenvalue weighted by Crippen LogP contribution is -2.20. The lowest BCUT2D eigenvalue weighted by atomic mass is 9.95. The predicted octanol–water partition coefficient (Wildman–Crippen LogP) is 4.08. The Morgan fingerprint density at radius 3 is 2.41 bits per heavy atom. The second kappa shape index (κ2) is 8.32. The molecule has 2 aromatic carbocycles. The summed E-state index contributed by atoms with van der Waals surface area (Å²) in [5, 5.41) is 4.85. The first-order valence-corrected chi connectivity index (χ1v) is 10.7. The van der Waals surface area contributed by atoms with Crippen LogP contribution in [-0.4, -0.2) is 19.3 Å². The van der Waals surface area contributed by atoms with Gasteiger partial charge >= 0.3 is 0 Å². The number of nitrogens with one attached hydrogen (secondary N) is 2. The Labute approximate surface area is 162 Å².